The van der Waals surface area contributed by atoms with Crippen LogP contribution in [0.25, 0.3) is 17.1 Å². The van der Waals surface area contributed by atoms with Gasteiger partial charge in [0.15, 0.2) is 11.7 Å². The molecule has 1 atom stereocenters. The van der Waals surface area contributed by atoms with E-state index in [4.69, 9.17) is 14.6 Å². The van der Waals surface area contributed by atoms with Crippen molar-refractivity contribution in [3.63, 3.8) is 0 Å². The number of ketones is 1. The number of rotatable bonds is 9. The predicted octanol–water partition coefficient (Wildman–Crippen LogP) is 2.67. The summed E-state index contributed by atoms with van der Waals surface area (Å²) >= 11 is 0. The van der Waals surface area contributed by atoms with Crippen LogP contribution in [0.5, 0.6) is 0 Å². The lowest BCUT2D eigenvalue weighted by molar-refractivity contribution is -0.148. The lowest BCUT2D eigenvalue weighted by Gasteiger charge is -2.12. The average Bonchev–Trinajstić information content (AvgIpc) is 3.39. The van der Waals surface area contributed by atoms with Crippen molar-refractivity contribution in [2.75, 3.05) is 45.7 Å². The topological polar surface area (TPSA) is 129 Å². The number of aromatic nitrogens is 2. The highest BCUT2D eigenvalue weighted by Gasteiger charge is 2.45. The SMILES string of the molecule is Cc1cc(NCCO)ccc1N=C1O/C(=C\c2c[nH]c3ncccc23)C(=O)C1C(=O)OCCN(C)C. The first-order chi connectivity index (χ1) is 17.4. The second-order valence-corrected chi connectivity index (χ2v) is 8.62. The van der Waals surface area contributed by atoms with Crippen LogP contribution < -0.4 is 5.32 Å². The Morgan fingerprint density at radius 3 is 2.94 bits per heavy atom. The zero-order valence-electron chi connectivity index (χ0n) is 20.4. The average molecular weight is 492 g/mol. The minimum atomic E-state index is -1.30. The Balaban J connectivity index is 1.67. The number of likely N-dealkylation sites (N-methyl/N-ethyl adjacent to an activating group) is 1. The summed E-state index contributed by atoms with van der Waals surface area (Å²) in [6.45, 7) is 2.95. The third-order valence-corrected chi connectivity index (χ3v) is 5.62. The van der Waals surface area contributed by atoms with E-state index in [0.29, 0.717) is 30.0 Å². The van der Waals surface area contributed by atoms with E-state index in [1.807, 2.05) is 38.1 Å². The number of hydrogen-bond acceptors (Lipinski definition) is 9. The molecule has 1 fully saturated rings. The summed E-state index contributed by atoms with van der Waals surface area (Å²) < 4.78 is 11.3. The maximum Gasteiger partial charge on any atom is 0.326 e. The van der Waals surface area contributed by atoms with Gasteiger partial charge in [0.2, 0.25) is 11.7 Å². The normalized spacial score (nSPS) is 17.8. The monoisotopic (exact) mass is 491 g/mol. The van der Waals surface area contributed by atoms with Crippen molar-refractivity contribution < 1.29 is 24.2 Å². The number of aliphatic hydroxyl groups is 1. The molecule has 0 amide bonds. The van der Waals surface area contributed by atoms with Crippen molar-refractivity contribution in [3.8, 4) is 0 Å². The quantitative estimate of drug-likeness (QED) is 0.237. The van der Waals surface area contributed by atoms with Gasteiger partial charge in [-0.1, -0.05) is 0 Å². The highest BCUT2D eigenvalue weighted by Crippen LogP contribution is 2.31. The number of nitrogens with one attached hydrogen (secondary N) is 2. The van der Waals surface area contributed by atoms with Crippen LogP contribution >= 0.6 is 0 Å². The molecule has 2 aromatic heterocycles. The number of H-pyrrole nitrogens is 1. The van der Waals surface area contributed by atoms with E-state index in [0.717, 1.165) is 16.6 Å². The number of carbonyl (C=O) groups is 2. The van der Waals surface area contributed by atoms with E-state index in [9.17, 15) is 9.59 Å². The number of anilines is 1. The maximum absolute atomic E-state index is 13.3. The number of hydrogen-bond donors (Lipinski definition) is 3. The summed E-state index contributed by atoms with van der Waals surface area (Å²) in [6.07, 6.45) is 4.98. The molecule has 3 aromatic rings. The van der Waals surface area contributed by atoms with E-state index in [2.05, 4.69) is 20.3 Å². The zero-order chi connectivity index (χ0) is 25.7. The molecule has 10 nitrogen and oxygen atoms in total. The van der Waals surface area contributed by atoms with Gasteiger partial charge >= 0.3 is 5.97 Å². The van der Waals surface area contributed by atoms with Crippen molar-refractivity contribution >= 4 is 46.1 Å². The summed E-state index contributed by atoms with van der Waals surface area (Å²) in [6, 6.07) is 9.11. The van der Waals surface area contributed by atoms with E-state index in [1.165, 1.54) is 0 Å². The van der Waals surface area contributed by atoms with Crippen LogP contribution in [-0.2, 0) is 19.1 Å². The van der Waals surface area contributed by atoms with Gasteiger partial charge in [0.1, 0.15) is 12.3 Å². The van der Waals surface area contributed by atoms with Gasteiger partial charge in [-0.3, -0.25) is 9.59 Å². The van der Waals surface area contributed by atoms with Gasteiger partial charge < -0.3 is 29.8 Å². The van der Waals surface area contributed by atoms with E-state index >= 15 is 0 Å². The molecule has 36 heavy (non-hydrogen) atoms. The molecule has 4 rings (SSSR count). The van der Waals surface area contributed by atoms with Gasteiger partial charge in [0, 0.05) is 42.1 Å². The molecule has 0 spiro atoms. The third-order valence-electron chi connectivity index (χ3n) is 5.62. The molecule has 0 radical (unpaired) electrons. The number of allylic oxidation sites excluding steroid dienone is 1. The first kappa shape index (κ1) is 25.1. The van der Waals surface area contributed by atoms with Gasteiger partial charge in [-0.05, 0) is 63.0 Å². The Morgan fingerprint density at radius 1 is 1.36 bits per heavy atom. The Kier molecular flexibility index (Phi) is 7.77. The Labute approximate surface area is 208 Å². The molecular formula is C26H29N5O5. The number of fused-ring (bicyclic) bond motifs is 1. The molecule has 1 saturated heterocycles. The number of aryl methyl sites for hydroxylation is 1. The molecule has 3 heterocycles. The number of aliphatic hydroxyl groups excluding tert-OH is 1. The molecule has 0 bridgehead atoms. The molecule has 1 aliphatic rings. The second kappa shape index (κ2) is 11.1. The molecule has 10 heteroatoms. The molecule has 1 aliphatic heterocycles. The summed E-state index contributed by atoms with van der Waals surface area (Å²) in [4.78, 5) is 40.0. The van der Waals surface area contributed by atoms with Crippen molar-refractivity contribution in [2.45, 2.75) is 6.92 Å². The smallest absolute Gasteiger partial charge is 0.326 e. The Hall–Kier alpha value is -4.02. The van der Waals surface area contributed by atoms with Gasteiger partial charge in [-0.25, -0.2) is 9.98 Å². The standard InChI is InChI=1S/C26H29N5O5/c1-16-13-18(27-9-11-32)6-7-20(16)30-25-22(26(34)35-12-10-31(2)3)23(33)21(36-25)14-17-15-29-24-19(17)5-4-8-28-24/h4-8,13-15,22,27,32H,9-12H2,1-3H3,(H,28,29)/b21-14-,30-25?. The number of benzene rings is 1. The van der Waals surface area contributed by atoms with E-state index in [1.54, 1.807) is 36.7 Å². The van der Waals surface area contributed by atoms with Crippen molar-refractivity contribution in [2.24, 2.45) is 10.9 Å². The number of ether oxygens (including phenoxy) is 2. The highest BCUT2D eigenvalue weighted by molar-refractivity contribution is 6.27. The largest absolute Gasteiger partial charge is 0.463 e. The van der Waals surface area contributed by atoms with E-state index in [-0.39, 0.29) is 24.9 Å². The van der Waals surface area contributed by atoms with E-state index < -0.39 is 17.7 Å². The van der Waals surface area contributed by atoms with Gasteiger partial charge in [-0.2, -0.15) is 0 Å². The van der Waals surface area contributed by atoms with Gasteiger partial charge in [-0.15, -0.1) is 0 Å². The fraction of sp³-hybridized carbons (Fsp3) is 0.308. The lowest BCUT2D eigenvalue weighted by atomic mass is 10.0. The molecule has 0 aliphatic carbocycles. The molecule has 0 saturated carbocycles. The van der Waals surface area contributed by atoms with Crippen LogP contribution in [-0.4, -0.2) is 78.0 Å². The summed E-state index contributed by atoms with van der Waals surface area (Å²) in [7, 11) is 3.73. The number of Topliss-reactive ketones (excluding diaryl/α,β-unsaturated/α-hetero) is 1. The van der Waals surface area contributed by atoms with Crippen molar-refractivity contribution in [1.29, 1.82) is 0 Å². The van der Waals surface area contributed by atoms with Gasteiger partial charge in [0.05, 0.1) is 12.3 Å². The third kappa shape index (κ3) is 5.61. The number of nitrogens with zero attached hydrogens (tertiary/aromatic N) is 3. The Morgan fingerprint density at radius 2 is 2.19 bits per heavy atom. The predicted molar refractivity (Wildman–Crippen MR) is 137 cm³/mol. The highest BCUT2D eigenvalue weighted by atomic mass is 16.5. The van der Waals surface area contributed by atoms with Crippen LogP contribution in [0.1, 0.15) is 11.1 Å². The molecule has 1 unspecified atom stereocenters. The van der Waals surface area contributed by atoms with Crippen LogP contribution in [0.2, 0.25) is 0 Å². The molecule has 3 N–H and O–H groups in total. The minimum Gasteiger partial charge on any atom is -0.463 e. The zero-order valence-corrected chi connectivity index (χ0v) is 20.4. The summed E-state index contributed by atoms with van der Waals surface area (Å²) in [5.41, 5.74) is 3.56. The number of carbonyl (C=O) groups excluding carboxylic acids is 2. The maximum atomic E-state index is 13.3. The lowest BCUT2D eigenvalue weighted by Crippen LogP contribution is -2.30. The number of pyridine rings is 1. The Bertz CT molecular complexity index is 1330. The fourth-order valence-corrected chi connectivity index (χ4v) is 3.73. The minimum absolute atomic E-state index is 0.00643. The van der Waals surface area contributed by atoms with Crippen LogP contribution in [0.15, 0.2) is 53.5 Å². The van der Waals surface area contributed by atoms with Gasteiger partial charge in [0.25, 0.3) is 0 Å². The molecule has 1 aromatic carbocycles. The number of esters is 1. The fourth-order valence-electron chi connectivity index (χ4n) is 3.73. The molecular weight excluding hydrogens is 462 g/mol. The first-order valence-corrected chi connectivity index (χ1v) is 11.6. The van der Waals surface area contributed by atoms with Crippen LogP contribution in [0.4, 0.5) is 11.4 Å². The van der Waals surface area contributed by atoms with Crippen LogP contribution in [0, 0.1) is 12.8 Å². The summed E-state index contributed by atoms with van der Waals surface area (Å²) in [5.74, 6) is -2.54. The van der Waals surface area contributed by atoms with Crippen molar-refractivity contribution in [3.05, 3.63) is 59.6 Å². The van der Waals surface area contributed by atoms with Crippen molar-refractivity contribution in [1.82, 2.24) is 14.9 Å². The number of aliphatic imine (C=N–C) groups is 1. The summed E-state index contributed by atoms with van der Waals surface area (Å²) in [5, 5.41) is 12.9. The first-order valence-electron chi connectivity index (χ1n) is 11.6. The van der Waals surface area contributed by atoms with Crippen LogP contribution in [0.3, 0.4) is 0 Å². The molecule has 188 valence electrons. The number of aromatic amines is 1. The second-order valence-electron chi connectivity index (χ2n) is 8.62.